The maximum absolute atomic E-state index is 13.6. The summed E-state index contributed by atoms with van der Waals surface area (Å²) in [5, 5.41) is 4.20. The first kappa shape index (κ1) is 14.6. The van der Waals surface area contributed by atoms with Gasteiger partial charge >= 0.3 is 0 Å². The molecule has 2 rings (SSSR count). The van der Waals surface area contributed by atoms with E-state index in [9.17, 15) is 4.39 Å². The van der Waals surface area contributed by atoms with Gasteiger partial charge in [0.15, 0.2) is 0 Å². The van der Waals surface area contributed by atoms with Gasteiger partial charge in [-0.2, -0.15) is 0 Å². The lowest BCUT2D eigenvalue weighted by Gasteiger charge is -2.11. The molecule has 0 unspecified atom stereocenters. The van der Waals surface area contributed by atoms with E-state index in [1.165, 1.54) is 6.07 Å². The molecule has 1 nitrogen and oxygen atoms in total. The Morgan fingerprint density at radius 1 is 1.21 bits per heavy atom. The molecule has 19 heavy (non-hydrogen) atoms. The number of halogens is 4. The Hall–Kier alpha value is -0.770. The van der Waals surface area contributed by atoms with Gasteiger partial charge in [0.2, 0.25) is 0 Å². The second-order valence-electron chi connectivity index (χ2n) is 4.17. The van der Waals surface area contributed by atoms with E-state index >= 15 is 0 Å². The molecular weight excluding hydrogens is 352 g/mol. The van der Waals surface area contributed by atoms with E-state index in [-0.39, 0.29) is 5.82 Å². The van der Waals surface area contributed by atoms with E-state index < -0.39 is 0 Å². The summed E-state index contributed by atoms with van der Waals surface area (Å²) in [5.41, 5.74) is 2.36. The van der Waals surface area contributed by atoms with Crippen molar-refractivity contribution in [3.8, 4) is 0 Å². The molecule has 0 aromatic heterocycles. The topological polar surface area (TPSA) is 12.0 Å². The van der Waals surface area contributed by atoms with Crippen molar-refractivity contribution < 1.29 is 4.39 Å². The minimum Gasteiger partial charge on any atom is -0.380 e. The lowest BCUT2D eigenvalue weighted by Crippen LogP contribution is -2.02. The zero-order chi connectivity index (χ0) is 14.0. The van der Waals surface area contributed by atoms with Crippen molar-refractivity contribution >= 4 is 44.8 Å². The number of hydrogen-bond donors (Lipinski definition) is 1. The van der Waals surface area contributed by atoms with Gasteiger partial charge in [-0.25, -0.2) is 4.39 Å². The van der Waals surface area contributed by atoms with E-state index in [4.69, 9.17) is 23.2 Å². The van der Waals surface area contributed by atoms with Crippen molar-refractivity contribution in [3.05, 3.63) is 61.8 Å². The Kier molecular flexibility index (Phi) is 4.71. The third-order valence-electron chi connectivity index (χ3n) is 2.73. The van der Waals surface area contributed by atoms with Gasteiger partial charge in [0, 0.05) is 26.6 Å². The van der Waals surface area contributed by atoms with Gasteiger partial charge in [0.05, 0.1) is 5.69 Å². The summed E-state index contributed by atoms with van der Waals surface area (Å²) in [6, 6.07) is 8.36. The van der Waals surface area contributed by atoms with Gasteiger partial charge in [0.25, 0.3) is 0 Å². The molecule has 0 saturated carbocycles. The summed E-state index contributed by atoms with van der Waals surface area (Å²) >= 11 is 15.2. The predicted octanol–water partition coefficient (Wildman–Crippen LogP) is 5.82. The smallest absolute Gasteiger partial charge is 0.129 e. The normalized spacial score (nSPS) is 10.6. The van der Waals surface area contributed by atoms with Crippen LogP contribution in [0.4, 0.5) is 10.1 Å². The maximum Gasteiger partial charge on any atom is 0.129 e. The average Bonchev–Trinajstić information content (AvgIpc) is 2.34. The summed E-state index contributed by atoms with van der Waals surface area (Å²) in [7, 11) is 0. The molecule has 0 fully saturated rings. The molecule has 1 N–H and O–H groups in total. The van der Waals surface area contributed by atoms with Crippen LogP contribution in [0.1, 0.15) is 11.1 Å². The first-order chi connectivity index (χ1) is 8.97. The highest BCUT2D eigenvalue weighted by atomic mass is 79.9. The molecule has 0 amide bonds. The quantitative estimate of drug-likeness (QED) is 0.725. The summed E-state index contributed by atoms with van der Waals surface area (Å²) in [6.45, 7) is 2.29. The molecule has 0 bridgehead atoms. The minimum absolute atomic E-state index is 0.325. The van der Waals surface area contributed by atoms with E-state index in [2.05, 4.69) is 21.2 Å². The number of rotatable bonds is 3. The van der Waals surface area contributed by atoms with Crippen LogP contribution in [-0.2, 0) is 6.54 Å². The molecule has 0 atom stereocenters. The number of hydrogen-bond acceptors (Lipinski definition) is 1. The Bertz CT molecular complexity index is 617. The van der Waals surface area contributed by atoms with Crippen LogP contribution in [0.15, 0.2) is 34.8 Å². The van der Waals surface area contributed by atoms with Gasteiger partial charge in [-0.05, 0) is 52.7 Å². The van der Waals surface area contributed by atoms with Gasteiger partial charge in [-0.1, -0.05) is 29.3 Å². The van der Waals surface area contributed by atoms with Crippen molar-refractivity contribution in [1.29, 1.82) is 0 Å². The Balaban J connectivity index is 2.16. The van der Waals surface area contributed by atoms with Crippen LogP contribution in [0, 0.1) is 12.7 Å². The van der Waals surface area contributed by atoms with Crippen molar-refractivity contribution in [2.45, 2.75) is 13.5 Å². The monoisotopic (exact) mass is 361 g/mol. The third kappa shape index (κ3) is 3.62. The largest absolute Gasteiger partial charge is 0.380 e. The van der Waals surface area contributed by atoms with Gasteiger partial charge in [-0.3, -0.25) is 0 Å². The Labute approximate surface area is 129 Å². The number of nitrogens with one attached hydrogen (secondary N) is 1. The molecule has 100 valence electrons. The summed E-state index contributed by atoms with van der Waals surface area (Å²) in [5.74, 6) is -0.325. The van der Waals surface area contributed by atoms with Gasteiger partial charge in [0.1, 0.15) is 5.82 Å². The summed E-state index contributed by atoms with van der Waals surface area (Å²) < 4.78 is 14.5. The van der Waals surface area contributed by atoms with E-state index in [0.717, 1.165) is 15.7 Å². The number of aryl methyl sites for hydroxylation is 1. The highest BCUT2D eigenvalue weighted by molar-refractivity contribution is 9.10. The van der Waals surface area contributed by atoms with Crippen molar-refractivity contribution in [1.82, 2.24) is 0 Å². The van der Waals surface area contributed by atoms with Crippen LogP contribution >= 0.6 is 39.1 Å². The molecule has 0 spiro atoms. The number of anilines is 1. The van der Waals surface area contributed by atoms with Crippen LogP contribution in [0.5, 0.6) is 0 Å². The van der Waals surface area contributed by atoms with E-state index in [0.29, 0.717) is 22.2 Å². The first-order valence-electron chi connectivity index (χ1n) is 5.61. The lowest BCUT2D eigenvalue weighted by atomic mass is 10.2. The maximum atomic E-state index is 13.6. The molecule has 2 aromatic rings. The molecule has 5 heteroatoms. The first-order valence-corrected chi connectivity index (χ1v) is 7.15. The van der Waals surface area contributed by atoms with Crippen LogP contribution in [0.2, 0.25) is 10.0 Å². The predicted molar refractivity (Wildman–Crippen MR) is 82.6 cm³/mol. The zero-order valence-corrected chi connectivity index (χ0v) is 13.2. The van der Waals surface area contributed by atoms with Crippen LogP contribution < -0.4 is 5.32 Å². The molecule has 0 saturated heterocycles. The molecule has 0 aliphatic heterocycles. The van der Waals surface area contributed by atoms with Crippen LogP contribution in [0.25, 0.3) is 0 Å². The van der Waals surface area contributed by atoms with Crippen molar-refractivity contribution in [2.75, 3.05) is 5.32 Å². The van der Waals surface area contributed by atoms with Crippen molar-refractivity contribution in [2.24, 2.45) is 0 Å². The molecule has 0 aliphatic rings. The zero-order valence-electron chi connectivity index (χ0n) is 10.1. The second-order valence-corrected chi connectivity index (χ2v) is 5.87. The third-order valence-corrected chi connectivity index (χ3v) is 4.03. The molecular formula is C14H11BrCl2FN. The van der Waals surface area contributed by atoms with Crippen LogP contribution in [-0.4, -0.2) is 0 Å². The van der Waals surface area contributed by atoms with E-state index in [1.54, 1.807) is 12.1 Å². The minimum atomic E-state index is -0.325. The van der Waals surface area contributed by atoms with Crippen LogP contribution in [0.3, 0.4) is 0 Å². The van der Waals surface area contributed by atoms with E-state index in [1.807, 2.05) is 19.1 Å². The summed E-state index contributed by atoms with van der Waals surface area (Å²) in [6.07, 6.45) is 0. The fourth-order valence-corrected chi connectivity index (χ4v) is 2.56. The molecule has 0 radical (unpaired) electrons. The van der Waals surface area contributed by atoms with Gasteiger partial charge < -0.3 is 5.32 Å². The Morgan fingerprint density at radius 3 is 2.63 bits per heavy atom. The molecule has 0 heterocycles. The Morgan fingerprint density at radius 2 is 1.95 bits per heavy atom. The fraction of sp³-hybridized carbons (Fsp3) is 0.143. The molecule has 2 aromatic carbocycles. The van der Waals surface area contributed by atoms with Gasteiger partial charge in [-0.15, -0.1) is 0 Å². The standard InChI is InChI=1S/C14H11BrCl2FN/c1-8-4-11(15)14(6-12(8)17)19-7-9-2-3-10(16)5-13(9)18/h2-6,19H,7H2,1H3. The molecule has 0 aliphatic carbocycles. The second kappa shape index (κ2) is 6.12. The SMILES string of the molecule is Cc1cc(Br)c(NCc2ccc(Cl)cc2F)cc1Cl. The highest BCUT2D eigenvalue weighted by Crippen LogP contribution is 2.29. The summed E-state index contributed by atoms with van der Waals surface area (Å²) in [4.78, 5) is 0. The fourth-order valence-electron chi connectivity index (χ4n) is 1.64. The van der Waals surface area contributed by atoms with Crippen molar-refractivity contribution in [3.63, 3.8) is 0 Å². The number of benzene rings is 2. The lowest BCUT2D eigenvalue weighted by molar-refractivity contribution is 0.613. The highest BCUT2D eigenvalue weighted by Gasteiger charge is 2.06. The average molecular weight is 363 g/mol.